The Labute approximate surface area is 203 Å². The standard InChI is InChI=1S/C25H27N3O5S/c1-32-21-10-6-5-9-19(21)11-12-22(29)27-25(34)28-15-14-26-24(31)20(28)17-23(30)33-16-13-18-7-3-2-4-8-18/h2-12,20H,13-17H2,1H3,(H,26,31)(H,27,29,34)/b12-11+. The summed E-state index contributed by atoms with van der Waals surface area (Å²) in [6.07, 6.45) is 3.36. The first kappa shape index (κ1) is 24.9. The van der Waals surface area contributed by atoms with Gasteiger partial charge in [0.25, 0.3) is 0 Å². The number of hydrogen-bond donors (Lipinski definition) is 2. The molecule has 2 aromatic carbocycles. The van der Waals surface area contributed by atoms with Gasteiger partial charge in [-0.25, -0.2) is 0 Å². The van der Waals surface area contributed by atoms with Gasteiger partial charge < -0.3 is 19.7 Å². The van der Waals surface area contributed by atoms with Crippen LogP contribution >= 0.6 is 12.2 Å². The van der Waals surface area contributed by atoms with Crippen LogP contribution in [0.3, 0.4) is 0 Å². The Morgan fingerprint density at radius 1 is 1.18 bits per heavy atom. The molecule has 34 heavy (non-hydrogen) atoms. The minimum atomic E-state index is -0.857. The van der Waals surface area contributed by atoms with Crippen molar-refractivity contribution < 1.29 is 23.9 Å². The number of ether oxygens (including phenoxy) is 2. The molecule has 0 saturated carbocycles. The molecule has 178 valence electrons. The van der Waals surface area contributed by atoms with Gasteiger partial charge in [-0.15, -0.1) is 0 Å². The number of piperazine rings is 1. The van der Waals surface area contributed by atoms with Gasteiger partial charge in [0, 0.05) is 31.1 Å². The summed E-state index contributed by atoms with van der Waals surface area (Å²) in [4.78, 5) is 38.8. The third kappa shape index (κ3) is 7.14. The number of benzene rings is 2. The molecule has 1 fully saturated rings. The topological polar surface area (TPSA) is 97.0 Å². The van der Waals surface area contributed by atoms with Gasteiger partial charge in [0.15, 0.2) is 5.11 Å². The smallest absolute Gasteiger partial charge is 0.308 e. The molecule has 0 aromatic heterocycles. The molecule has 0 aliphatic carbocycles. The Morgan fingerprint density at radius 2 is 1.91 bits per heavy atom. The molecular formula is C25H27N3O5S. The average molecular weight is 482 g/mol. The van der Waals surface area contributed by atoms with Crippen LogP contribution in [-0.4, -0.2) is 60.6 Å². The number of methoxy groups -OCH3 is 1. The summed E-state index contributed by atoms with van der Waals surface area (Å²) < 4.78 is 10.6. The molecule has 1 heterocycles. The van der Waals surface area contributed by atoms with E-state index in [-0.39, 0.29) is 24.0 Å². The van der Waals surface area contributed by atoms with Crippen LogP contribution in [0.25, 0.3) is 6.08 Å². The molecule has 2 N–H and O–H groups in total. The number of carbonyl (C=O) groups is 3. The van der Waals surface area contributed by atoms with Crippen molar-refractivity contribution in [2.45, 2.75) is 18.9 Å². The molecule has 1 aliphatic heterocycles. The van der Waals surface area contributed by atoms with E-state index >= 15 is 0 Å². The Morgan fingerprint density at radius 3 is 2.68 bits per heavy atom. The van der Waals surface area contributed by atoms with E-state index in [2.05, 4.69) is 10.6 Å². The van der Waals surface area contributed by atoms with Crippen molar-refractivity contribution in [2.24, 2.45) is 0 Å². The Hall–Kier alpha value is -3.72. The lowest BCUT2D eigenvalue weighted by atomic mass is 10.1. The van der Waals surface area contributed by atoms with Crippen molar-refractivity contribution in [3.63, 3.8) is 0 Å². The fourth-order valence-corrected chi connectivity index (χ4v) is 3.81. The minimum absolute atomic E-state index is 0.0756. The van der Waals surface area contributed by atoms with Gasteiger partial charge in [0.2, 0.25) is 11.8 Å². The third-order valence-corrected chi connectivity index (χ3v) is 5.57. The quantitative estimate of drug-likeness (QED) is 0.339. The highest BCUT2D eigenvalue weighted by Gasteiger charge is 2.34. The maximum Gasteiger partial charge on any atom is 0.308 e. The summed E-state index contributed by atoms with van der Waals surface area (Å²) in [5, 5.41) is 5.41. The average Bonchev–Trinajstić information content (AvgIpc) is 2.84. The minimum Gasteiger partial charge on any atom is -0.496 e. The number of hydrogen-bond acceptors (Lipinski definition) is 6. The molecule has 0 bridgehead atoms. The van der Waals surface area contributed by atoms with Crippen LogP contribution in [0, 0.1) is 0 Å². The molecule has 1 unspecified atom stereocenters. The second kappa shape index (κ2) is 12.5. The molecule has 2 amide bonds. The predicted octanol–water partition coefficient (Wildman–Crippen LogP) is 2.09. The van der Waals surface area contributed by atoms with Crippen molar-refractivity contribution in [3.05, 3.63) is 71.8 Å². The van der Waals surface area contributed by atoms with Crippen LogP contribution < -0.4 is 15.4 Å². The lowest BCUT2D eigenvalue weighted by Crippen LogP contribution is -2.60. The van der Waals surface area contributed by atoms with Crippen molar-refractivity contribution in [1.82, 2.24) is 15.5 Å². The maximum atomic E-state index is 12.4. The van der Waals surface area contributed by atoms with Crippen LogP contribution in [0.2, 0.25) is 0 Å². The lowest BCUT2D eigenvalue weighted by Gasteiger charge is -2.36. The fourth-order valence-electron chi connectivity index (χ4n) is 3.49. The van der Waals surface area contributed by atoms with Crippen LogP contribution in [0.4, 0.5) is 0 Å². The zero-order valence-corrected chi connectivity index (χ0v) is 19.7. The van der Waals surface area contributed by atoms with Crippen LogP contribution in [0.15, 0.2) is 60.7 Å². The first-order valence-corrected chi connectivity index (χ1v) is 11.3. The molecule has 1 aliphatic rings. The third-order valence-electron chi connectivity index (χ3n) is 5.23. The van der Waals surface area contributed by atoms with E-state index in [4.69, 9.17) is 21.7 Å². The van der Waals surface area contributed by atoms with Crippen molar-refractivity contribution >= 4 is 41.2 Å². The number of esters is 1. The molecule has 1 saturated heterocycles. The van der Waals surface area contributed by atoms with E-state index in [1.165, 1.54) is 6.08 Å². The SMILES string of the molecule is COc1ccccc1/C=C/C(=O)NC(=S)N1CCNC(=O)C1CC(=O)OCCc1ccccc1. The monoisotopic (exact) mass is 481 g/mol. The molecule has 1 atom stereocenters. The van der Waals surface area contributed by atoms with Gasteiger partial charge in [-0.05, 0) is 29.9 Å². The molecule has 0 spiro atoms. The van der Waals surface area contributed by atoms with Gasteiger partial charge in [-0.1, -0.05) is 48.5 Å². The van der Waals surface area contributed by atoms with Crippen molar-refractivity contribution in [2.75, 3.05) is 26.8 Å². The van der Waals surface area contributed by atoms with Crippen LogP contribution in [-0.2, 0) is 25.5 Å². The largest absolute Gasteiger partial charge is 0.496 e. The number of nitrogens with zero attached hydrogens (tertiary/aromatic N) is 1. The van der Waals surface area contributed by atoms with Crippen molar-refractivity contribution in [3.8, 4) is 5.75 Å². The van der Waals surface area contributed by atoms with E-state index in [1.807, 2.05) is 48.5 Å². The zero-order valence-electron chi connectivity index (χ0n) is 18.9. The number of amides is 2. The normalized spacial score (nSPS) is 15.5. The Kier molecular flexibility index (Phi) is 9.16. The van der Waals surface area contributed by atoms with Gasteiger partial charge in [-0.2, -0.15) is 0 Å². The molecular weight excluding hydrogens is 454 g/mol. The summed E-state index contributed by atoms with van der Waals surface area (Å²) in [5.74, 6) is -0.667. The van der Waals surface area contributed by atoms with Gasteiger partial charge >= 0.3 is 5.97 Å². The van der Waals surface area contributed by atoms with Crippen LogP contribution in [0.1, 0.15) is 17.5 Å². The maximum absolute atomic E-state index is 12.4. The number of nitrogens with one attached hydrogen (secondary N) is 2. The highest BCUT2D eigenvalue weighted by molar-refractivity contribution is 7.80. The highest BCUT2D eigenvalue weighted by Crippen LogP contribution is 2.18. The number of para-hydroxylation sites is 1. The summed E-state index contributed by atoms with van der Waals surface area (Å²) in [5.41, 5.74) is 1.79. The fraction of sp³-hybridized carbons (Fsp3) is 0.280. The first-order valence-electron chi connectivity index (χ1n) is 10.9. The summed E-state index contributed by atoms with van der Waals surface area (Å²) >= 11 is 5.37. The Bertz CT molecular complexity index is 1060. The van der Waals surface area contributed by atoms with E-state index in [1.54, 1.807) is 24.2 Å². The van der Waals surface area contributed by atoms with Crippen molar-refractivity contribution in [1.29, 1.82) is 0 Å². The molecule has 8 nitrogen and oxygen atoms in total. The van der Waals surface area contributed by atoms with Gasteiger partial charge in [-0.3, -0.25) is 19.7 Å². The van der Waals surface area contributed by atoms with Gasteiger partial charge in [0.1, 0.15) is 11.8 Å². The number of thiocarbonyl (C=S) groups is 1. The Balaban J connectivity index is 1.55. The van der Waals surface area contributed by atoms with Gasteiger partial charge in [0.05, 0.1) is 20.1 Å². The second-order valence-corrected chi connectivity index (χ2v) is 7.92. The summed E-state index contributed by atoms with van der Waals surface area (Å²) in [7, 11) is 1.55. The van der Waals surface area contributed by atoms with E-state index in [0.29, 0.717) is 25.3 Å². The number of rotatable bonds is 8. The lowest BCUT2D eigenvalue weighted by molar-refractivity contribution is -0.147. The molecule has 2 aromatic rings. The van der Waals surface area contributed by atoms with E-state index < -0.39 is 17.9 Å². The second-order valence-electron chi connectivity index (χ2n) is 7.53. The molecule has 3 rings (SSSR count). The summed E-state index contributed by atoms with van der Waals surface area (Å²) in [6.45, 7) is 0.931. The zero-order chi connectivity index (χ0) is 24.3. The molecule has 9 heteroatoms. The van der Waals surface area contributed by atoms with E-state index in [0.717, 1.165) is 11.1 Å². The van der Waals surface area contributed by atoms with E-state index in [9.17, 15) is 14.4 Å². The molecule has 0 radical (unpaired) electrons. The predicted molar refractivity (Wildman–Crippen MR) is 132 cm³/mol. The van der Waals surface area contributed by atoms with Crippen LogP contribution in [0.5, 0.6) is 5.75 Å². The first-order chi connectivity index (χ1) is 16.5. The highest BCUT2D eigenvalue weighted by atomic mass is 32.1. The summed E-state index contributed by atoms with van der Waals surface area (Å²) in [6, 6.07) is 16.1. The number of carbonyl (C=O) groups excluding carboxylic acids is 3.